The van der Waals surface area contributed by atoms with Gasteiger partial charge in [0.05, 0.1) is 23.0 Å². The Morgan fingerprint density at radius 1 is 1.33 bits per heavy atom. The number of piperidine rings is 1. The van der Waals surface area contributed by atoms with E-state index in [1.807, 2.05) is 6.07 Å². The lowest BCUT2D eigenvalue weighted by Crippen LogP contribution is -2.49. The molecule has 0 radical (unpaired) electrons. The summed E-state index contributed by atoms with van der Waals surface area (Å²) in [5.74, 6) is 0. The quantitative estimate of drug-likeness (QED) is 0.744. The average Bonchev–Trinajstić information content (AvgIpc) is 2.59. The molecule has 2 fully saturated rings. The Morgan fingerprint density at radius 3 is 2.56 bits per heavy atom. The molecule has 2 aliphatic rings. The molecule has 1 spiro atoms. The SMILES string of the molecule is CC(C)(O)c1ccc2[nH]c(=O)c(C#N)c(N3CCC4(CC3)CC(O)C4)c2n1. The third-order valence-corrected chi connectivity index (χ3v) is 6.05. The molecule has 1 aliphatic heterocycles. The molecule has 0 amide bonds. The molecule has 1 saturated heterocycles. The molecule has 27 heavy (non-hydrogen) atoms. The van der Waals surface area contributed by atoms with Gasteiger partial charge in [-0.15, -0.1) is 0 Å². The minimum Gasteiger partial charge on any atom is -0.393 e. The first-order valence-electron chi connectivity index (χ1n) is 9.35. The third-order valence-electron chi connectivity index (χ3n) is 6.05. The van der Waals surface area contributed by atoms with E-state index in [1.54, 1.807) is 26.0 Å². The Bertz CT molecular complexity index is 983. The topological polar surface area (TPSA) is 113 Å². The van der Waals surface area contributed by atoms with Crippen LogP contribution in [0.5, 0.6) is 0 Å². The Morgan fingerprint density at radius 2 is 2.00 bits per heavy atom. The fraction of sp³-hybridized carbons (Fsp3) is 0.550. The highest BCUT2D eigenvalue weighted by atomic mass is 16.3. The zero-order chi connectivity index (χ0) is 19.4. The number of hydrogen-bond acceptors (Lipinski definition) is 6. The number of anilines is 1. The summed E-state index contributed by atoms with van der Waals surface area (Å²) in [6, 6.07) is 5.46. The monoisotopic (exact) mass is 368 g/mol. The molecule has 2 aromatic heterocycles. The second-order valence-corrected chi connectivity index (χ2v) is 8.49. The summed E-state index contributed by atoms with van der Waals surface area (Å²) in [5.41, 5.74) is 0.856. The van der Waals surface area contributed by atoms with Crippen molar-refractivity contribution >= 4 is 16.7 Å². The smallest absolute Gasteiger partial charge is 0.268 e. The molecule has 1 saturated carbocycles. The minimum atomic E-state index is -1.12. The largest absolute Gasteiger partial charge is 0.393 e. The van der Waals surface area contributed by atoms with Gasteiger partial charge in [-0.1, -0.05) is 0 Å². The highest BCUT2D eigenvalue weighted by molar-refractivity contribution is 5.91. The maximum Gasteiger partial charge on any atom is 0.268 e. The van der Waals surface area contributed by atoms with Crippen molar-refractivity contribution < 1.29 is 10.2 Å². The Balaban J connectivity index is 1.80. The van der Waals surface area contributed by atoms with Crippen LogP contribution < -0.4 is 10.5 Å². The molecule has 4 rings (SSSR count). The normalized spacial score (nSPS) is 19.9. The van der Waals surface area contributed by atoms with E-state index in [9.17, 15) is 20.3 Å². The number of pyridine rings is 2. The predicted molar refractivity (Wildman–Crippen MR) is 101 cm³/mol. The lowest BCUT2D eigenvalue weighted by atomic mass is 9.61. The van der Waals surface area contributed by atoms with Crippen molar-refractivity contribution in [3.05, 3.63) is 33.7 Å². The first kappa shape index (κ1) is 18.0. The first-order chi connectivity index (χ1) is 12.7. The predicted octanol–water partition coefficient (Wildman–Crippen LogP) is 1.76. The van der Waals surface area contributed by atoms with Crippen LogP contribution in [0.2, 0.25) is 0 Å². The van der Waals surface area contributed by atoms with E-state index in [0.717, 1.165) is 25.7 Å². The van der Waals surface area contributed by atoms with Gasteiger partial charge in [0.25, 0.3) is 5.56 Å². The van der Waals surface area contributed by atoms with Gasteiger partial charge in [0.2, 0.25) is 0 Å². The summed E-state index contributed by atoms with van der Waals surface area (Å²) < 4.78 is 0. The van der Waals surface area contributed by atoms with Crippen LogP contribution in [0.25, 0.3) is 11.0 Å². The fourth-order valence-electron chi connectivity index (χ4n) is 4.46. The highest BCUT2D eigenvalue weighted by Gasteiger charge is 2.45. The molecule has 0 bridgehead atoms. The van der Waals surface area contributed by atoms with Crippen molar-refractivity contribution in [2.45, 2.75) is 51.2 Å². The second kappa shape index (κ2) is 6.04. The van der Waals surface area contributed by atoms with Crippen LogP contribution in [0, 0.1) is 16.7 Å². The zero-order valence-corrected chi connectivity index (χ0v) is 15.6. The number of rotatable bonds is 2. The minimum absolute atomic E-state index is 0.0625. The average molecular weight is 368 g/mol. The fourth-order valence-corrected chi connectivity index (χ4v) is 4.46. The van der Waals surface area contributed by atoms with Gasteiger partial charge < -0.3 is 20.1 Å². The summed E-state index contributed by atoms with van der Waals surface area (Å²) in [6.07, 6.45) is 3.33. The number of aromatic nitrogens is 2. The van der Waals surface area contributed by atoms with Crippen molar-refractivity contribution in [2.24, 2.45) is 5.41 Å². The highest BCUT2D eigenvalue weighted by Crippen LogP contribution is 2.49. The molecule has 7 nitrogen and oxygen atoms in total. The van der Waals surface area contributed by atoms with Crippen LogP contribution in [0.15, 0.2) is 16.9 Å². The van der Waals surface area contributed by atoms with Gasteiger partial charge in [0.1, 0.15) is 22.8 Å². The van der Waals surface area contributed by atoms with E-state index in [1.165, 1.54) is 0 Å². The van der Waals surface area contributed by atoms with Gasteiger partial charge in [-0.05, 0) is 57.1 Å². The van der Waals surface area contributed by atoms with Crippen LogP contribution >= 0.6 is 0 Å². The molecule has 7 heteroatoms. The number of aliphatic hydroxyl groups excluding tert-OH is 1. The van der Waals surface area contributed by atoms with Gasteiger partial charge in [-0.2, -0.15) is 5.26 Å². The van der Waals surface area contributed by atoms with Crippen LogP contribution in [-0.2, 0) is 5.60 Å². The number of nitrogens with one attached hydrogen (secondary N) is 1. The number of H-pyrrole nitrogens is 1. The van der Waals surface area contributed by atoms with Crippen LogP contribution in [-0.4, -0.2) is 39.4 Å². The molecule has 3 N–H and O–H groups in total. The van der Waals surface area contributed by atoms with Gasteiger partial charge in [0.15, 0.2) is 0 Å². The van der Waals surface area contributed by atoms with Crippen molar-refractivity contribution in [2.75, 3.05) is 18.0 Å². The number of nitrogens with zero attached hydrogens (tertiary/aromatic N) is 3. The van der Waals surface area contributed by atoms with Gasteiger partial charge in [-0.3, -0.25) is 4.79 Å². The molecule has 3 heterocycles. The lowest BCUT2D eigenvalue weighted by molar-refractivity contribution is -0.0463. The molecule has 142 valence electrons. The third kappa shape index (κ3) is 2.99. The first-order valence-corrected chi connectivity index (χ1v) is 9.35. The number of hydrogen-bond donors (Lipinski definition) is 3. The van der Waals surface area contributed by atoms with Gasteiger partial charge in [-0.25, -0.2) is 4.98 Å². The maximum atomic E-state index is 12.4. The van der Waals surface area contributed by atoms with E-state index in [4.69, 9.17) is 0 Å². The summed E-state index contributed by atoms with van der Waals surface area (Å²) >= 11 is 0. The summed E-state index contributed by atoms with van der Waals surface area (Å²) in [5, 5.41) is 29.6. The van der Waals surface area contributed by atoms with E-state index >= 15 is 0 Å². The zero-order valence-electron chi connectivity index (χ0n) is 15.6. The molecule has 1 aliphatic carbocycles. The van der Waals surface area contributed by atoms with E-state index in [0.29, 0.717) is 35.5 Å². The number of nitriles is 1. The summed E-state index contributed by atoms with van der Waals surface area (Å²) in [4.78, 5) is 21.8. The van der Waals surface area contributed by atoms with Crippen molar-refractivity contribution in [3.63, 3.8) is 0 Å². The lowest BCUT2D eigenvalue weighted by Gasteiger charge is -2.51. The summed E-state index contributed by atoms with van der Waals surface area (Å²) in [6.45, 7) is 4.75. The van der Waals surface area contributed by atoms with E-state index in [2.05, 4.69) is 14.9 Å². The summed E-state index contributed by atoms with van der Waals surface area (Å²) in [7, 11) is 0. The van der Waals surface area contributed by atoms with Crippen LogP contribution in [0.4, 0.5) is 5.69 Å². The van der Waals surface area contributed by atoms with E-state index in [-0.39, 0.29) is 17.1 Å². The molecule has 0 aromatic carbocycles. The van der Waals surface area contributed by atoms with Gasteiger partial charge >= 0.3 is 0 Å². The number of fused-ring (bicyclic) bond motifs is 1. The Labute approximate surface area is 157 Å². The van der Waals surface area contributed by atoms with Gasteiger partial charge in [0, 0.05) is 13.1 Å². The Hall–Kier alpha value is -2.43. The molecular weight excluding hydrogens is 344 g/mol. The Kier molecular flexibility index (Phi) is 4.02. The maximum absolute atomic E-state index is 12.4. The standard InChI is InChI=1S/C20H24N4O3/c1-19(2,27)15-4-3-14-16(23-15)17(13(11-21)18(26)22-14)24-7-5-20(6-8-24)9-12(25)10-20/h3-4,12,25,27H,5-10H2,1-2H3,(H,22,26). The van der Waals surface area contributed by atoms with E-state index < -0.39 is 11.2 Å². The van der Waals surface area contributed by atoms with Crippen molar-refractivity contribution in [1.29, 1.82) is 5.26 Å². The van der Waals surface area contributed by atoms with Crippen molar-refractivity contribution in [1.82, 2.24) is 9.97 Å². The molecular formula is C20H24N4O3. The molecule has 2 aromatic rings. The molecule has 0 unspecified atom stereocenters. The van der Waals surface area contributed by atoms with Crippen LogP contribution in [0.1, 0.15) is 50.8 Å². The number of aliphatic hydroxyl groups is 2. The van der Waals surface area contributed by atoms with Crippen molar-refractivity contribution in [3.8, 4) is 6.07 Å². The number of aromatic amines is 1. The second-order valence-electron chi connectivity index (χ2n) is 8.49. The molecule has 0 atom stereocenters. The van der Waals surface area contributed by atoms with Crippen LogP contribution in [0.3, 0.4) is 0 Å².